The van der Waals surface area contributed by atoms with Gasteiger partial charge in [0.25, 0.3) is 5.91 Å². The average Bonchev–Trinajstić information content (AvgIpc) is 3.06. The lowest BCUT2D eigenvalue weighted by Crippen LogP contribution is -2.28. The number of likely N-dealkylation sites (N-methyl/N-ethyl adjacent to an activating group) is 1. The number of nitrogens with zero attached hydrogens (tertiary/aromatic N) is 2. The van der Waals surface area contributed by atoms with Crippen molar-refractivity contribution in [2.45, 2.75) is 25.2 Å². The Morgan fingerprint density at radius 1 is 0.848 bits per heavy atom. The Morgan fingerprint density at radius 3 is 2.20 bits per heavy atom. The van der Waals surface area contributed by atoms with E-state index in [1.54, 1.807) is 18.2 Å². The molecule has 0 aliphatic rings. The highest BCUT2D eigenvalue weighted by Gasteiger charge is 2.25. The van der Waals surface area contributed by atoms with Gasteiger partial charge in [0.1, 0.15) is 30.5 Å². The molecule has 0 aliphatic carbocycles. The van der Waals surface area contributed by atoms with Crippen LogP contribution in [0.3, 0.4) is 0 Å². The minimum atomic E-state index is -0.714. The summed E-state index contributed by atoms with van der Waals surface area (Å²) in [5.41, 5.74) is 9.51. The molecule has 2 atom stereocenters. The maximum atomic E-state index is 11.3. The molecule has 46 heavy (non-hydrogen) atoms. The Labute approximate surface area is 270 Å². The summed E-state index contributed by atoms with van der Waals surface area (Å²) in [5, 5.41) is 23.4. The number of hydrogen-bond donors (Lipinski definition) is 3. The van der Waals surface area contributed by atoms with E-state index in [0.29, 0.717) is 25.4 Å². The summed E-state index contributed by atoms with van der Waals surface area (Å²) < 4.78 is 11.7. The highest BCUT2D eigenvalue weighted by molar-refractivity contribution is 5.97. The van der Waals surface area contributed by atoms with Crippen LogP contribution in [0.4, 0.5) is 0 Å². The molecule has 9 nitrogen and oxygen atoms in total. The van der Waals surface area contributed by atoms with Crippen LogP contribution in [0, 0.1) is 0 Å². The molecule has 0 bridgehead atoms. The molecule has 242 valence electrons. The van der Waals surface area contributed by atoms with Crippen LogP contribution in [-0.2, 0) is 9.57 Å². The van der Waals surface area contributed by atoms with E-state index < -0.39 is 5.91 Å². The van der Waals surface area contributed by atoms with Gasteiger partial charge < -0.3 is 35.2 Å². The second kappa shape index (κ2) is 17.6. The molecule has 2 unspecified atom stereocenters. The van der Waals surface area contributed by atoms with Crippen LogP contribution >= 0.6 is 0 Å². The molecule has 0 radical (unpaired) electrons. The molecule has 0 spiro atoms. The van der Waals surface area contributed by atoms with Gasteiger partial charge in [-0.05, 0) is 84.1 Å². The van der Waals surface area contributed by atoms with Gasteiger partial charge in [-0.15, -0.1) is 0 Å². The molecule has 0 fully saturated rings. The first kappa shape index (κ1) is 34.0. The number of amides is 1. The summed E-state index contributed by atoms with van der Waals surface area (Å²) in [5.74, 6) is 0.623. The highest BCUT2D eigenvalue weighted by atomic mass is 16.6. The number of phenolic OH excluding ortho intramolecular Hbond substituents is 1. The number of benzene rings is 4. The highest BCUT2D eigenvalue weighted by Crippen LogP contribution is 2.41. The van der Waals surface area contributed by atoms with E-state index in [1.807, 2.05) is 37.4 Å². The van der Waals surface area contributed by atoms with Crippen molar-refractivity contribution in [3.05, 3.63) is 125 Å². The van der Waals surface area contributed by atoms with Crippen LogP contribution < -0.4 is 10.5 Å². The fraction of sp³-hybridized carbons (Fsp3) is 0.297. The first-order valence-electron chi connectivity index (χ1n) is 15.5. The van der Waals surface area contributed by atoms with Gasteiger partial charge in [0, 0.05) is 19.0 Å². The summed E-state index contributed by atoms with van der Waals surface area (Å²) in [6, 6.07) is 30.9. The third kappa shape index (κ3) is 10.1. The largest absolute Gasteiger partial charge is 0.508 e. The van der Waals surface area contributed by atoms with E-state index in [2.05, 4.69) is 53.4 Å². The lowest BCUT2D eigenvalue weighted by atomic mass is 9.76. The number of oxime groups is 1. The first-order chi connectivity index (χ1) is 22.4. The van der Waals surface area contributed by atoms with Crippen molar-refractivity contribution >= 4 is 12.1 Å². The number of hydrogen-bond acceptors (Lipinski definition) is 8. The molecule has 4 aromatic rings. The van der Waals surface area contributed by atoms with E-state index in [4.69, 9.17) is 20.0 Å². The van der Waals surface area contributed by atoms with Gasteiger partial charge in [0.2, 0.25) is 0 Å². The Hall–Kier alpha value is -4.86. The lowest BCUT2D eigenvalue weighted by molar-refractivity contribution is 0.0430. The molecule has 4 rings (SSSR count). The molecule has 0 aliphatic heterocycles. The molecule has 9 heteroatoms. The Bertz CT molecular complexity index is 1530. The third-order valence-corrected chi connectivity index (χ3v) is 7.80. The van der Waals surface area contributed by atoms with Crippen molar-refractivity contribution in [3.8, 4) is 17.2 Å². The molecule has 0 aromatic heterocycles. The molecule has 0 saturated heterocycles. The summed E-state index contributed by atoms with van der Waals surface area (Å²) in [7, 11) is 2.02. The Morgan fingerprint density at radius 2 is 1.52 bits per heavy atom. The van der Waals surface area contributed by atoms with E-state index >= 15 is 0 Å². The fourth-order valence-electron chi connectivity index (χ4n) is 5.31. The summed E-state index contributed by atoms with van der Waals surface area (Å²) >= 11 is 0. The maximum absolute atomic E-state index is 11.3. The van der Waals surface area contributed by atoms with Gasteiger partial charge in [-0.25, -0.2) is 0 Å². The van der Waals surface area contributed by atoms with Gasteiger partial charge in [-0.2, -0.15) is 0 Å². The molecule has 0 saturated carbocycles. The number of nitrogens with two attached hydrogens (primary N) is 1. The van der Waals surface area contributed by atoms with Crippen molar-refractivity contribution in [1.29, 1.82) is 0 Å². The second-order valence-electron chi connectivity index (χ2n) is 11.0. The van der Waals surface area contributed by atoms with Crippen LogP contribution in [0.15, 0.2) is 102 Å². The second-order valence-corrected chi connectivity index (χ2v) is 11.0. The number of carbonyl (C=O) groups is 1. The molecule has 0 heterocycles. The monoisotopic (exact) mass is 625 g/mol. The molecular weight excluding hydrogens is 582 g/mol. The molecule has 4 N–H and O–H groups in total. The normalized spacial score (nSPS) is 12.7. The van der Waals surface area contributed by atoms with Crippen LogP contribution in [0.1, 0.15) is 57.8 Å². The number of primary amides is 1. The van der Waals surface area contributed by atoms with Crippen LogP contribution in [-0.4, -0.2) is 73.8 Å². The third-order valence-electron chi connectivity index (χ3n) is 7.80. The SMILES string of the molecule is CCC(c1ccccc1)C(c1ccc(O)cc1)c1ccc(OCCN(C)CCOCCO/N=C/c2ccc(O)c(C(N)=O)c2)cc1. The van der Waals surface area contributed by atoms with Gasteiger partial charge in [-0.1, -0.05) is 66.7 Å². The summed E-state index contributed by atoms with van der Waals surface area (Å²) in [6.45, 7) is 5.44. The van der Waals surface area contributed by atoms with Crippen molar-refractivity contribution in [3.63, 3.8) is 0 Å². The zero-order chi connectivity index (χ0) is 32.7. The summed E-state index contributed by atoms with van der Waals surface area (Å²) in [6.07, 6.45) is 2.42. The maximum Gasteiger partial charge on any atom is 0.252 e. The lowest BCUT2D eigenvalue weighted by Gasteiger charge is -2.28. The quantitative estimate of drug-likeness (QED) is 0.0714. The van der Waals surface area contributed by atoms with Crippen LogP contribution in [0.2, 0.25) is 0 Å². The number of aromatic hydroxyl groups is 2. The standard InChI is InChI=1S/C37H43N3O6/c1-3-33(28-7-5-4-6-8-28)36(29-10-14-31(41)15-11-29)30-12-16-32(17-13-30)45-22-20-40(2)19-21-44-23-24-46-39-26-27-9-18-35(42)34(25-27)37(38)43/h4-18,25-26,33,36,41-42H,3,19-24H2,1-2H3,(H2,38,43)/b39-26+. The van der Waals surface area contributed by atoms with E-state index in [9.17, 15) is 15.0 Å². The fourth-order valence-corrected chi connectivity index (χ4v) is 5.31. The first-order valence-corrected chi connectivity index (χ1v) is 15.5. The molecule has 4 aromatic carbocycles. The number of carbonyl (C=O) groups excluding carboxylic acids is 1. The van der Waals surface area contributed by atoms with Crippen molar-refractivity contribution < 1.29 is 29.3 Å². The predicted molar refractivity (Wildman–Crippen MR) is 180 cm³/mol. The van der Waals surface area contributed by atoms with E-state index in [0.717, 1.165) is 25.3 Å². The van der Waals surface area contributed by atoms with E-state index in [1.165, 1.54) is 35.0 Å². The molecular formula is C37H43N3O6. The minimum absolute atomic E-state index is 0.0273. The summed E-state index contributed by atoms with van der Waals surface area (Å²) in [4.78, 5) is 18.7. The Balaban J connectivity index is 1.18. The Kier molecular flexibility index (Phi) is 13.0. The van der Waals surface area contributed by atoms with Crippen LogP contribution in [0.5, 0.6) is 17.2 Å². The zero-order valence-electron chi connectivity index (χ0n) is 26.4. The van der Waals surface area contributed by atoms with Gasteiger partial charge in [-0.3, -0.25) is 4.79 Å². The zero-order valence-corrected chi connectivity index (χ0v) is 26.4. The van der Waals surface area contributed by atoms with Gasteiger partial charge >= 0.3 is 0 Å². The number of phenols is 2. The number of rotatable bonds is 18. The number of ether oxygens (including phenoxy) is 2. The van der Waals surface area contributed by atoms with Crippen LogP contribution in [0.25, 0.3) is 0 Å². The average molecular weight is 626 g/mol. The topological polar surface area (TPSA) is 127 Å². The van der Waals surface area contributed by atoms with Crippen molar-refractivity contribution in [1.82, 2.24) is 4.90 Å². The molecule has 1 amide bonds. The smallest absolute Gasteiger partial charge is 0.252 e. The predicted octanol–water partition coefficient (Wildman–Crippen LogP) is 5.90. The van der Waals surface area contributed by atoms with Crippen molar-refractivity contribution in [2.75, 3.05) is 46.6 Å². The van der Waals surface area contributed by atoms with Gasteiger partial charge in [0.05, 0.1) is 25.0 Å². The van der Waals surface area contributed by atoms with Gasteiger partial charge in [0.15, 0.2) is 0 Å². The minimum Gasteiger partial charge on any atom is -0.508 e. The van der Waals surface area contributed by atoms with Crippen molar-refractivity contribution in [2.24, 2.45) is 10.9 Å². The van der Waals surface area contributed by atoms with E-state index in [-0.39, 0.29) is 35.5 Å².